The summed E-state index contributed by atoms with van der Waals surface area (Å²) in [4.78, 5) is 5.53. The quantitative estimate of drug-likeness (QED) is 0.152. The van der Waals surface area contributed by atoms with Crippen molar-refractivity contribution in [3.63, 3.8) is 0 Å². The van der Waals surface area contributed by atoms with Crippen molar-refractivity contribution >= 4 is 38.8 Å². The van der Waals surface area contributed by atoms with Crippen LogP contribution < -0.4 is 0 Å². The summed E-state index contributed by atoms with van der Waals surface area (Å²) in [5, 5.41) is 2.56. The first-order valence-corrected chi connectivity index (χ1v) is 24.7. The van der Waals surface area contributed by atoms with Crippen LogP contribution in [0, 0.1) is 0 Å². The van der Waals surface area contributed by atoms with Gasteiger partial charge in [-0.3, -0.25) is 4.99 Å². The number of allylic oxidation sites excluding steroid dienone is 3. The Morgan fingerprint density at radius 1 is 0.449 bits per heavy atom. The SMILES string of the molecule is C/C1=C(\c2ccccc2)CC/C=C(c2ccccc2)\N=C(\c2ccc(-n3c4ccccc4c4ccc5c(c43)C(c3cccc(-c4cccc(-c6ccccc6)c4)c3)CCc3ccccc3-5)cc2)CC1. The van der Waals surface area contributed by atoms with Gasteiger partial charge in [-0.25, -0.2) is 0 Å². The fourth-order valence-corrected chi connectivity index (χ4v) is 11.3. The van der Waals surface area contributed by atoms with E-state index in [4.69, 9.17) is 4.99 Å². The first-order chi connectivity index (χ1) is 34.1. The minimum absolute atomic E-state index is 0.160. The highest BCUT2D eigenvalue weighted by Gasteiger charge is 2.29. The van der Waals surface area contributed by atoms with Crippen LogP contribution in [0.2, 0.25) is 0 Å². The summed E-state index contributed by atoms with van der Waals surface area (Å²) >= 11 is 0. The lowest BCUT2D eigenvalue weighted by molar-refractivity contribution is 0.728. The van der Waals surface area contributed by atoms with Crippen LogP contribution in [-0.2, 0) is 6.42 Å². The van der Waals surface area contributed by atoms with Crippen LogP contribution in [0.3, 0.4) is 0 Å². The molecule has 2 heterocycles. The molecule has 0 amide bonds. The second-order valence-electron chi connectivity index (χ2n) is 18.8. The fourth-order valence-electron chi connectivity index (χ4n) is 11.3. The predicted octanol–water partition coefficient (Wildman–Crippen LogP) is 17.7. The van der Waals surface area contributed by atoms with E-state index in [0.717, 1.165) is 66.7 Å². The molecule has 2 nitrogen and oxygen atoms in total. The maximum Gasteiger partial charge on any atom is 0.0665 e. The summed E-state index contributed by atoms with van der Waals surface area (Å²) in [5.41, 5.74) is 24.1. The minimum atomic E-state index is 0.160. The summed E-state index contributed by atoms with van der Waals surface area (Å²) in [6.45, 7) is 2.32. The van der Waals surface area contributed by atoms with Gasteiger partial charge in [-0.15, -0.1) is 0 Å². The molecule has 0 bridgehead atoms. The van der Waals surface area contributed by atoms with Crippen molar-refractivity contribution in [2.24, 2.45) is 4.99 Å². The Morgan fingerprint density at radius 2 is 1.09 bits per heavy atom. The van der Waals surface area contributed by atoms with Crippen LogP contribution in [0.4, 0.5) is 0 Å². The Labute approximate surface area is 406 Å². The zero-order valence-electron chi connectivity index (χ0n) is 39.2. The molecule has 0 fully saturated rings. The third kappa shape index (κ3) is 8.17. The molecule has 1 aromatic heterocycles. The zero-order valence-corrected chi connectivity index (χ0v) is 39.2. The molecule has 2 aliphatic rings. The van der Waals surface area contributed by atoms with Crippen LogP contribution in [0.25, 0.3) is 72.1 Å². The van der Waals surface area contributed by atoms with E-state index in [1.807, 2.05) is 0 Å². The van der Waals surface area contributed by atoms with Gasteiger partial charge in [-0.2, -0.15) is 0 Å². The van der Waals surface area contributed by atoms with Gasteiger partial charge in [-0.05, 0) is 142 Å². The molecule has 9 aromatic carbocycles. The molecule has 1 unspecified atom stereocenters. The molecule has 332 valence electrons. The molecule has 0 spiro atoms. The molecule has 0 N–H and O–H groups in total. The lowest BCUT2D eigenvalue weighted by atomic mass is 9.83. The Morgan fingerprint density at radius 3 is 1.87 bits per heavy atom. The van der Waals surface area contributed by atoms with Gasteiger partial charge >= 0.3 is 0 Å². The number of aliphatic imine (C=N–C) groups is 1. The number of hydrogen-bond donors (Lipinski definition) is 0. The summed E-state index contributed by atoms with van der Waals surface area (Å²) in [7, 11) is 0. The summed E-state index contributed by atoms with van der Waals surface area (Å²) in [5.74, 6) is 0.160. The molecule has 10 aromatic rings. The maximum absolute atomic E-state index is 5.53. The van der Waals surface area contributed by atoms with Crippen molar-refractivity contribution in [3.8, 4) is 39.1 Å². The van der Waals surface area contributed by atoms with Gasteiger partial charge in [0, 0.05) is 28.1 Å². The average Bonchev–Trinajstić information content (AvgIpc) is 3.66. The van der Waals surface area contributed by atoms with Gasteiger partial charge < -0.3 is 4.57 Å². The first kappa shape index (κ1) is 42.3. The van der Waals surface area contributed by atoms with Crippen LogP contribution in [0.1, 0.15) is 78.3 Å². The molecule has 12 rings (SSSR count). The number of para-hydroxylation sites is 1. The summed E-state index contributed by atoms with van der Waals surface area (Å²) in [6.07, 6.45) is 8.09. The lowest BCUT2D eigenvalue weighted by Crippen LogP contribution is -2.07. The van der Waals surface area contributed by atoms with E-state index in [1.165, 1.54) is 88.6 Å². The van der Waals surface area contributed by atoms with Crippen LogP contribution in [0.5, 0.6) is 0 Å². The number of aryl methyl sites for hydroxylation is 1. The smallest absolute Gasteiger partial charge is 0.0665 e. The number of fused-ring (bicyclic) bond motifs is 7. The average molecular weight is 887 g/mol. The Balaban J connectivity index is 1.00. The van der Waals surface area contributed by atoms with Gasteiger partial charge in [0.05, 0.1) is 16.7 Å². The van der Waals surface area contributed by atoms with E-state index in [2.05, 4.69) is 242 Å². The van der Waals surface area contributed by atoms with Crippen LogP contribution >= 0.6 is 0 Å². The Bertz CT molecular complexity index is 3590. The molecule has 0 saturated carbocycles. The van der Waals surface area contributed by atoms with Gasteiger partial charge in [0.1, 0.15) is 0 Å². The van der Waals surface area contributed by atoms with Crippen LogP contribution in [0.15, 0.2) is 241 Å². The second-order valence-corrected chi connectivity index (χ2v) is 18.8. The third-order valence-electron chi connectivity index (χ3n) is 14.7. The molecule has 1 atom stereocenters. The number of benzene rings is 9. The third-order valence-corrected chi connectivity index (χ3v) is 14.7. The van der Waals surface area contributed by atoms with E-state index >= 15 is 0 Å². The largest absolute Gasteiger partial charge is 0.309 e. The number of aromatic nitrogens is 1. The molecular weight excluding hydrogens is 833 g/mol. The standard InChI is InChI=1S/C67H54N2/c1-46-34-43-64(68-63(50-23-9-4-10-24-50)32-17-31-57(46)48-20-7-3-8-21-48)51-35-38-56(39-36-51)69-65-33-14-13-30-60(65)62-42-41-61-58-29-12-11-22-49(58)37-40-59(66(61)67(62)69)55-28-16-27-54(45-55)53-26-15-25-52(44-53)47-18-5-2-6-19-47/h2-16,18-30,32-33,35-36,38-39,41-42,44-45,59H,17,31,34,37,40,43H2,1H3/b57-46+,63-32-,68-64+. The first-order valence-electron chi connectivity index (χ1n) is 24.7. The molecule has 2 heteroatoms. The van der Waals surface area contributed by atoms with Crippen LogP contribution in [-0.4, -0.2) is 10.3 Å². The number of nitrogens with zero attached hydrogens (tertiary/aromatic N) is 2. The van der Waals surface area contributed by atoms with E-state index in [-0.39, 0.29) is 5.92 Å². The number of hydrogen-bond acceptors (Lipinski definition) is 1. The fraction of sp³-hybridized carbons (Fsp3) is 0.119. The van der Waals surface area contributed by atoms with Gasteiger partial charge in [0.25, 0.3) is 0 Å². The predicted molar refractivity (Wildman–Crippen MR) is 292 cm³/mol. The molecular formula is C67H54N2. The van der Waals surface area contributed by atoms with Gasteiger partial charge in [-0.1, -0.05) is 212 Å². The lowest BCUT2D eigenvalue weighted by Gasteiger charge is -2.23. The second kappa shape index (κ2) is 18.5. The van der Waals surface area contributed by atoms with Crippen molar-refractivity contribution in [1.82, 2.24) is 4.57 Å². The molecule has 1 aliphatic heterocycles. The highest BCUT2D eigenvalue weighted by Crippen LogP contribution is 2.48. The molecule has 69 heavy (non-hydrogen) atoms. The topological polar surface area (TPSA) is 17.3 Å². The number of rotatable bonds is 7. The summed E-state index contributed by atoms with van der Waals surface area (Å²) < 4.78 is 2.56. The van der Waals surface area contributed by atoms with Crippen molar-refractivity contribution in [3.05, 3.63) is 269 Å². The maximum atomic E-state index is 5.53. The highest BCUT2D eigenvalue weighted by atomic mass is 15.0. The van der Waals surface area contributed by atoms with E-state index in [1.54, 1.807) is 0 Å². The van der Waals surface area contributed by atoms with Crippen molar-refractivity contribution in [2.45, 2.75) is 51.4 Å². The molecule has 0 saturated heterocycles. The van der Waals surface area contributed by atoms with Crippen molar-refractivity contribution in [2.75, 3.05) is 0 Å². The van der Waals surface area contributed by atoms with Gasteiger partial charge in [0.2, 0.25) is 0 Å². The summed E-state index contributed by atoms with van der Waals surface area (Å²) in [6, 6.07) is 83.0. The zero-order chi connectivity index (χ0) is 46.1. The highest BCUT2D eigenvalue weighted by molar-refractivity contribution is 6.12. The molecule has 1 aliphatic carbocycles. The minimum Gasteiger partial charge on any atom is -0.309 e. The molecule has 0 radical (unpaired) electrons. The van der Waals surface area contributed by atoms with E-state index in [9.17, 15) is 0 Å². The normalized spacial score (nSPS) is 17.8. The van der Waals surface area contributed by atoms with E-state index in [0.29, 0.717) is 0 Å². The van der Waals surface area contributed by atoms with Gasteiger partial charge in [0.15, 0.2) is 0 Å². The van der Waals surface area contributed by atoms with Crippen molar-refractivity contribution < 1.29 is 0 Å². The Hall–Kier alpha value is -8.07. The Kier molecular flexibility index (Phi) is 11.4. The van der Waals surface area contributed by atoms with Crippen molar-refractivity contribution in [1.29, 1.82) is 0 Å². The monoisotopic (exact) mass is 886 g/mol. The van der Waals surface area contributed by atoms with E-state index < -0.39 is 0 Å².